The van der Waals surface area contributed by atoms with Crippen LogP contribution in [-0.4, -0.2) is 76.0 Å². The predicted molar refractivity (Wildman–Crippen MR) is 77.0 cm³/mol. The summed E-state index contributed by atoms with van der Waals surface area (Å²) in [6.45, 7) is 6.12. The maximum Gasteiger partial charge on any atom is 0.242 e. The van der Waals surface area contributed by atoms with Gasteiger partial charge < -0.3 is 24.4 Å². The summed E-state index contributed by atoms with van der Waals surface area (Å²) >= 11 is 0. The smallest absolute Gasteiger partial charge is 0.242 e. The molecular weight excluding hydrogens is 276 g/mol. The molecule has 0 unspecified atom stereocenters. The van der Waals surface area contributed by atoms with E-state index in [0.29, 0.717) is 39.6 Å². The van der Waals surface area contributed by atoms with Crippen LogP contribution in [-0.2, 0) is 23.8 Å². The third kappa shape index (κ3) is 8.64. The number of carbonyl (C=O) groups is 2. The standard InChI is InChI=1S/C14H26N2O5/c1-2-3-5-19-7-9-21-10-8-20-6-4-16-12-13(17)15-11-14(16)18/h2-12H2,1H3,(H,15,17). The highest BCUT2D eigenvalue weighted by atomic mass is 16.5. The van der Waals surface area contributed by atoms with E-state index < -0.39 is 0 Å². The number of nitrogens with zero attached hydrogens (tertiary/aromatic N) is 1. The molecule has 21 heavy (non-hydrogen) atoms. The summed E-state index contributed by atoms with van der Waals surface area (Å²) in [4.78, 5) is 24.1. The van der Waals surface area contributed by atoms with Crippen LogP contribution < -0.4 is 5.32 Å². The minimum Gasteiger partial charge on any atom is -0.379 e. The first-order chi connectivity index (χ1) is 10.2. The van der Waals surface area contributed by atoms with Gasteiger partial charge in [-0.1, -0.05) is 13.3 Å². The topological polar surface area (TPSA) is 77.1 Å². The van der Waals surface area contributed by atoms with Crippen LogP contribution >= 0.6 is 0 Å². The van der Waals surface area contributed by atoms with Gasteiger partial charge in [-0.3, -0.25) is 9.59 Å². The average Bonchev–Trinajstić information content (AvgIpc) is 2.48. The number of nitrogens with one attached hydrogen (secondary N) is 1. The van der Waals surface area contributed by atoms with E-state index in [4.69, 9.17) is 14.2 Å². The first kappa shape index (κ1) is 17.9. The third-order valence-corrected chi connectivity index (χ3v) is 3.02. The molecule has 1 fully saturated rings. The number of unbranched alkanes of at least 4 members (excludes halogenated alkanes) is 1. The van der Waals surface area contributed by atoms with E-state index in [1.54, 1.807) is 0 Å². The Kier molecular flexibility index (Phi) is 9.77. The second kappa shape index (κ2) is 11.5. The van der Waals surface area contributed by atoms with Gasteiger partial charge in [-0.25, -0.2) is 0 Å². The number of hydrogen-bond donors (Lipinski definition) is 1. The minimum atomic E-state index is -0.124. The molecule has 0 aromatic heterocycles. The van der Waals surface area contributed by atoms with Crippen LogP contribution in [0.15, 0.2) is 0 Å². The number of carbonyl (C=O) groups excluding carboxylic acids is 2. The van der Waals surface area contributed by atoms with E-state index >= 15 is 0 Å². The highest BCUT2D eigenvalue weighted by molar-refractivity contribution is 5.92. The number of hydrogen-bond acceptors (Lipinski definition) is 5. The van der Waals surface area contributed by atoms with Gasteiger partial charge in [-0.15, -0.1) is 0 Å². The lowest BCUT2D eigenvalue weighted by atomic mass is 10.3. The molecule has 0 saturated carbocycles. The van der Waals surface area contributed by atoms with E-state index in [-0.39, 0.29) is 24.9 Å². The van der Waals surface area contributed by atoms with E-state index in [0.717, 1.165) is 19.4 Å². The molecule has 0 radical (unpaired) electrons. The van der Waals surface area contributed by atoms with E-state index in [2.05, 4.69) is 12.2 Å². The Balaban J connectivity index is 1.86. The zero-order valence-electron chi connectivity index (χ0n) is 12.8. The first-order valence-corrected chi connectivity index (χ1v) is 7.51. The second-order valence-corrected chi connectivity index (χ2v) is 4.78. The molecule has 1 heterocycles. The fourth-order valence-electron chi connectivity index (χ4n) is 1.77. The zero-order chi connectivity index (χ0) is 15.3. The summed E-state index contributed by atoms with van der Waals surface area (Å²) in [6.07, 6.45) is 2.21. The zero-order valence-corrected chi connectivity index (χ0v) is 12.8. The van der Waals surface area contributed by atoms with Gasteiger partial charge in [0.15, 0.2) is 0 Å². The van der Waals surface area contributed by atoms with Gasteiger partial charge in [0, 0.05) is 13.2 Å². The summed E-state index contributed by atoms with van der Waals surface area (Å²) in [5.74, 6) is -0.195. The molecule has 0 aliphatic carbocycles. The van der Waals surface area contributed by atoms with Crippen LogP contribution in [0, 0.1) is 0 Å². The maximum atomic E-state index is 11.5. The lowest BCUT2D eigenvalue weighted by Gasteiger charge is -2.26. The Labute approximate surface area is 125 Å². The van der Waals surface area contributed by atoms with Crippen LogP contribution in [0.25, 0.3) is 0 Å². The van der Waals surface area contributed by atoms with Crippen LogP contribution in [0.4, 0.5) is 0 Å². The summed E-state index contributed by atoms with van der Waals surface area (Å²) in [5.41, 5.74) is 0. The van der Waals surface area contributed by atoms with Gasteiger partial charge in [0.25, 0.3) is 0 Å². The van der Waals surface area contributed by atoms with Crippen molar-refractivity contribution in [2.24, 2.45) is 0 Å². The lowest BCUT2D eigenvalue weighted by Crippen LogP contribution is -2.52. The van der Waals surface area contributed by atoms with E-state index in [1.165, 1.54) is 4.90 Å². The quantitative estimate of drug-likeness (QED) is 0.505. The van der Waals surface area contributed by atoms with Crippen LogP contribution in [0.1, 0.15) is 19.8 Å². The lowest BCUT2D eigenvalue weighted by molar-refractivity contribution is -0.141. The molecule has 1 aliphatic rings. The SMILES string of the molecule is CCCCOCCOCCOCCN1CC(=O)NCC1=O. The molecule has 0 aromatic carbocycles. The van der Waals surface area contributed by atoms with Gasteiger partial charge in [0.1, 0.15) is 0 Å². The molecule has 1 rings (SSSR count). The monoisotopic (exact) mass is 302 g/mol. The third-order valence-electron chi connectivity index (χ3n) is 3.02. The number of ether oxygens (including phenoxy) is 3. The van der Waals surface area contributed by atoms with Crippen LogP contribution in [0.5, 0.6) is 0 Å². The van der Waals surface area contributed by atoms with E-state index in [1.807, 2.05) is 0 Å². The van der Waals surface area contributed by atoms with Crippen LogP contribution in [0.3, 0.4) is 0 Å². The van der Waals surface area contributed by atoms with Gasteiger partial charge in [-0.05, 0) is 6.42 Å². The molecule has 0 aromatic rings. The largest absolute Gasteiger partial charge is 0.379 e. The van der Waals surface area contributed by atoms with Crippen molar-refractivity contribution in [2.45, 2.75) is 19.8 Å². The van der Waals surface area contributed by atoms with Gasteiger partial charge >= 0.3 is 0 Å². The van der Waals surface area contributed by atoms with Crippen molar-refractivity contribution in [1.29, 1.82) is 0 Å². The normalized spacial score (nSPS) is 15.4. The number of rotatable bonds is 12. The van der Waals surface area contributed by atoms with Crippen molar-refractivity contribution < 1.29 is 23.8 Å². The van der Waals surface area contributed by atoms with Gasteiger partial charge in [-0.2, -0.15) is 0 Å². The van der Waals surface area contributed by atoms with Crippen LogP contribution in [0.2, 0.25) is 0 Å². The Morgan fingerprint density at radius 3 is 2.29 bits per heavy atom. The van der Waals surface area contributed by atoms with Crippen molar-refractivity contribution in [3.8, 4) is 0 Å². The molecule has 2 amide bonds. The molecular formula is C14H26N2O5. The van der Waals surface area contributed by atoms with Crippen molar-refractivity contribution in [1.82, 2.24) is 10.2 Å². The molecule has 1 N–H and O–H groups in total. The molecule has 1 saturated heterocycles. The van der Waals surface area contributed by atoms with Crippen molar-refractivity contribution in [3.05, 3.63) is 0 Å². The predicted octanol–water partition coefficient (Wildman–Crippen LogP) is -0.205. The second-order valence-electron chi connectivity index (χ2n) is 4.78. The summed E-state index contributed by atoms with van der Waals surface area (Å²) in [6, 6.07) is 0. The van der Waals surface area contributed by atoms with Gasteiger partial charge in [0.2, 0.25) is 11.8 Å². The maximum absolute atomic E-state index is 11.5. The molecule has 7 nitrogen and oxygen atoms in total. The molecule has 7 heteroatoms. The molecule has 122 valence electrons. The highest BCUT2D eigenvalue weighted by Gasteiger charge is 2.22. The fraction of sp³-hybridized carbons (Fsp3) is 0.857. The molecule has 1 aliphatic heterocycles. The fourth-order valence-corrected chi connectivity index (χ4v) is 1.77. The highest BCUT2D eigenvalue weighted by Crippen LogP contribution is 1.95. The molecule has 0 spiro atoms. The van der Waals surface area contributed by atoms with Crippen molar-refractivity contribution in [2.75, 3.05) is 59.3 Å². The first-order valence-electron chi connectivity index (χ1n) is 7.51. The van der Waals surface area contributed by atoms with E-state index in [9.17, 15) is 9.59 Å². The van der Waals surface area contributed by atoms with Crippen molar-refractivity contribution in [3.63, 3.8) is 0 Å². The summed E-state index contributed by atoms with van der Waals surface area (Å²) < 4.78 is 16.1. The summed E-state index contributed by atoms with van der Waals surface area (Å²) in [5, 5.41) is 2.50. The minimum absolute atomic E-state index is 0.0707. The Hall–Kier alpha value is -1.18. The molecule has 0 bridgehead atoms. The number of piperazine rings is 1. The van der Waals surface area contributed by atoms with Gasteiger partial charge in [0.05, 0.1) is 46.1 Å². The van der Waals surface area contributed by atoms with Crippen molar-refractivity contribution >= 4 is 11.8 Å². The molecule has 0 atom stereocenters. The Morgan fingerprint density at radius 1 is 1.00 bits per heavy atom. The number of amides is 2. The Morgan fingerprint density at radius 2 is 1.62 bits per heavy atom. The average molecular weight is 302 g/mol. The summed E-state index contributed by atoms with van der Waals surface area (Å²) in [7, 11) is 0. The Bertz CT molecular complexity index is 312.